The first kappa shape index (κ1) is 14.5. The number of nitriles is 1. The Labute approximate surface area is 106 Å². The van der Waals surface area contributed by atoms with E-state index in [1.54, 1.807) is 0 Å². The largest absolute Gasteiger partial charge is 0.317 e. The van der Waals surface area contributed by atoms with Crippen LogP contribution in [0.1, 0.15) is 46.0 Å². The highest BCUT2D eigenvalue weighted by Crippen LogP contribution is 2.21. The lowest BCUT2D eigenvalue weighted by Crippen LogP contribution is -2.33. The molecule has 0 aliphatic carbocycles. The molecule has 1 fully saturated rings. The second kappa shape index (κ2) is 6.98. The minimum Gasteiger partial charge on any atom is -0.317 e. The predicted molar refractivity (Wildman–Crippen MR) is 71.8 cm³/mol. The van der Waals surface area contributed by atoms with E-state index in [2.05, 4.69) is 23.3 Å². The molecule has 1 rings (SSSR count). The second-order valence-corrected chi connectivity index (χ2v) is 5.91. The van der Waals surface area contributed by atoms with Gasteiger partial charge in [-0.25, -0.2) is 0 Å². The normalized spacial score (nSPS) is 22.2. The summed E-state index contributed by atoms with van der Waals surface area (Å²) >= 11 is 0. The second-order valence-electron chi connectivity index (χ2n) is 5.91. The van der Waals surface area contributed by atoms with Gasteiger partial charge in [-0.2, -0.15) is 5.26 Å². The van der Waals surface area contributed by atoms with Gasteiger partial charge in [-0.3, -0.25) is 0 Å². The molecule has 0 aromatic heterocycles. The van der Waals surface area contributed by atoms with Crippen LogP contribution in [0.4, 0.5) is 0 Å². The van der Waals surface area contributed by atoms with Gasteiger partial charge >= 0.3 is 0 Å². The summed E-state index contributed by atoms with van der Waals surface area (Å²) in [5.74, 6) is 0. The van der Waals surface area contributed by atoms with E-state index in [0.29, 0.717) is 0 Å². The highest BCUT2D eigenvalue weighted by atomic mass is 15.1. The number of hydrogen-bond donors (Lipinski definition) is 1. The minimum absolute atomic E-state index is 0.161. The Hall–Kier alpha value is -0.590. The van der Waals surface area contributed by atoms with E-state index in [-0.39, 0.29) is 5.41 Å². The molecule has 0 amide bonds. The maximum absolute atomic E-state index is 8.97. The average molecular weight is 237 g/mol. The van der Waals surface area contributed by atoms with Gasteiger partial charge in [0.25, 0.3) is 0 Å². The molecule has 1 N–H and O–H groups in total. The molecule has 3 heteroatoms. The van der Waals surface area contributed by atoms with Crippen molar-refractivity contribution in [2.45, 2.75) is 52.0 Å². The van der Waals surface area contributed by atoms with Crippen molar-refractivity contribution in [3.63, 3.8) is 0 Å². The summed E-state index contributed by atoms with van der Waals surface area (Å²) in [6.45, 7) is 7.51. The van der Waals surface area contributed by atoms with Gasteiger partial charge in [0.2, 0.25) is 0 Å². The van der Waals surface area contributed by atoms with Crippen LogP contribution in [0, 0.1) is 16.7 Å². The summed E-state index contributed by atoms with van der Waals surface area (Å²) < 4.78 is 0. The molecule has 1 unspecified atom stereocenters. The third-order valence-electron chi connectivity index (χ3n) is 3.78. The SMILES string of the molecule is CN(CCCC(C)(C)C#N)C1CCCNCC1. The molecule has 0 radical (unpaired) electrons. The van der Waals surface area contributed by atoms with Crippen molar-refractivity contribution in [2.24, 2.45) is 5.41 Å². The molecular formula is C14H27N3. The Morgan fingerprint density at radius 1 is 1.35 bits per heavy atom. The molecule has 1 saturated heterocycles. The quantitative estimate of drug-likeness (QED) is 0.798. The molecule has 0 bridgehead atoms. The Bertz CT molecular complexity index is 247. The Balaban J connectivity index is 2.24. The molecule has 3 nitrogen and oxygen atoms in total. The van der Waals surface area contributed by atoms with Gasteiger partial charge in [-0.1, -0.05) is 0 Å². The van der Waals surface area contributed by atoms with Crippen LogP contribution in [0.3, 0.4) is 0 Å². The standard InChI is InChI=1S/C14H27N3/c1-14(2,12-15)8-5-11-17(3)13-6-4-9-16-10-7-13/h13,16H,4-11H2,1-3H3. The number of nitrogens with zero attached hydrogens (tertiary/aromatic N) is 2. The lowest BCUT2D eigenvalue weighted by molar-refractivity contribution is 0.213. The fourth-order valence-electron chi connectivity index (χ4n) is 2.45. The molecular weight excluding hydrogens is 210 g/mol. The summed E-state index contributed by atoms with van der Waals surface area (Å²) in [7, 11) is 2.23. The third kappa shape index (κ3) is 5.52. The van der Waals surface area contributed by atoms with Crippen LogP contribution in [0.2, 0.25) is 0 Å². The maximum atomic E-state index is 8.97. The van der Waals surface area contributed by atoms with Crippen molar-refractivity contribution in [3.8, 4) is 6.07 Å². The summed E-state index contributed by atoms with van der Waals surface area (Å²) in [6.07, 6.45) is 5.99. The highest BCUT2D eigenvalue weighted by Gasteiger charge is 2.19. The molecule has 1 heterocycles. The lowest BCUT2D eigenvalue weighted by Gasteiger charge is -2.27. The van der Waals surface area contributed by atoms with Crippen LogP contribution in [0.25, 0.3) is 0 Å². The summed E-state index contributed by atoms with van der Waals surface area (Å²) in [5.41, 5.74) is -0.161. The molecule has 0 aromatic rings. The zero-order chi connectivity index (χ0) is 12.7. The molecule has 17 heavy (non-hydrogen) atoms. The van der Waals surface area contributed by atoms with E-state index < -0.39 is 0 Å². The number of rotatable bonds is 5. The number of nitrogens with one attached hydrogen (secondary N) is 1. The first-order chi connectivity index (χ1) is 8.05. The van der Waals surface area contributed by atoms with Crippen molar-refractivity contribution in [3.05, 3.63) is 0 Å². The molecule has 1 aliphatic heterocycles. The average Bonchev–Trinajstić information content (AvgIpc) is 2.57. The van der Waals surface area contributed by atoms with Gasteiger partial charge in [0.05, 0.1) is 11.5 Å². The molecule has 1 atom stereocenters. The van der Waals surface area contributed by atoms with Gasteiger partial charge < -0.3 is 10.2 Å². The third-order valence-corrected chi connectivity index (χ3v) is 3.78. The van der Waals surface area contributed by atoms with Gasteiger partial charge in [0.15, 0.2) is 0 Å². The molecule has 1 aliphatic rings. The Morgan fingerprint density at radius 3 is 2.82 bits per heavy atom. The van der Waals surface area contributed by atoms with Crippen LogP contribution in [0.15, 0.2) is 0 Å². The van der Waals surface area contributed by atoms with Crippen LogP contribution in [-0.2, 0) is 0 Å². The molecule has 0 spiro atoms. The first-order valence-corrected chi connectivity index (χ1v) is 6.87. The van der Waals surface area contributed by atoms with Gasteiger partial charge in [-0.15, -0.1) is 0 Å². The van der Waals surface area contributed by atoms with Crippen molar-refractivity contribution in [1.82, 2.24) is 10.2 Å². The predicted octanol–water partition coefficient (Wildman–Crippen LogP) is 2.39. The van der Waals surface area contributed by atoms with E-state index in [0.717, 1.165) is 32.0 Å². The number of hydrogen-bond acceptors (Lipinski definition) is 3. The molecule has 0 saturated carbocycles. The smallest absolute Gasteiger partial charge is 0.0683 e. The Kier molecular flexibility index (Phi) is 5.94. The summed E-state index contributed by atoms with van der Waals surface area (Å²) in [6, 6.07) is 3.11. The van der Waals surface area contributed by atoms with Crippen molar-refractivity contribution >= 4 is 0 Å². The van der Waals surface area contributed by atoms with Crippen molar-refractivity contribution < 1.29 is 0 Å². The monoisotopic (exact) mass is 237 g/mol. The fraction of sp³-hybridized carbons (Fsp3) is 0.929. The van der Waals surface area contributed by atoms with Crippen LogP contribution < -0.4 is 5.32 Å². The van der Waals surface area contributed by atoms with E-state index in [4.69, 9.17) is 5.26 Å². The van der Waals surface area contributed by atoms with Crippen molar-refractivity contribution in [2.75, 3.05) is 26.7 Å². The summed E-state index contributed by atoms with van der Waals surface area (Å²) in [5, 5.41) is 12.4. The fourth-order valence-corrected chi connectivity index (χ4v) is 2.45. The molecule has 98 valence electrons. The van der Waals surface area contributed by atoms with Crippen LogP contribution in [0.5, 0.6) is 0 Å². The zero-order valence-corrected chi connectivity index (χ0v) is 11.6. The highest BCUT2D eigenvalue weighted by molar-refractivity contribution is 4.91. The lowest BCUT2D eigenvalue weighted by atomic mass is 9.89. The molecule has 0 aromatic carbocycles. The van der Waals surface area contributed by atoms with E-state index in [1.807, 2.05) is 13.8 Å². The summed E-state index contributed by atoms with van der Waals surface area (Å²) in [4.78, 5) is 2.49. The van der Waals surface area contributed by atoms with Gasteiger partial charge in [0.1, 0.15) is 0 Å². The first-order valence-electron chi connectivity index (χ1n) is 6.87. The zero-order valence-electron chi connectivity index (χ0n) is 11.6. The topological polar surface area (TPSA) is 39.1 Å². The van der Waals surface area contributed by atoms with Gasteiger partial charge in [0, 0.05) is 6.04 Å². The van der Waals surface area contributed by atoms with E-state index in [1.165, 1.54) is 25.8 Å². The minimum atomic E-state index is -0.161. The van der Waals surface area contributed by atoms with E-state index in [9.17, 15) is 0 Å². The van der Waals surface area contributed by atoms with E-state index >= 15 is 0 Å². The maximum Gasteiger partial charge on any atom is 0.0683 e. The van der Waals surface area contributed by atoms with Crippen LogP contribution in [-0.4, -0.2) is 37.6 Å². The Morgan fingerprint density at radius 2 is 2.12 bits per heavy atom. The van der Waals surface area contributed by atoms with Gasteiger partial charge in [-0.05, 0) is 72.6 Å². The van der Waals surface area contributed by atoms with Crippen LogP contribution >= 0.6 is 0 Å². The van der Waals surface area contributed by atoms with Crippen molar-refractivity contribution in [1.29, 1.82) is 5.26 Å².